The van der Waals surface area contributed by atoms with E-state index in [1.54, 1.807) is 6.21 Å². The molecule has 4 rings (SSSR count). The Bertz CT molecular complexity index is 1100. The van der Waals surface area contributed by atoms with Crippen molar-refractivity contribution in [2.45, 2.75) is 19.9 Å². The number of aromatic amines is 1. The van der Waals surface area contributed by atoms with Gasteiger partial charge >= 0.3 is 0 Å². The largest absolute Gasteiger partial charge is 0.293 e. The van der Waals surface area contributed by atoms with Crippen LogP contribution in [-0.2, 0) is 0 Å². The Hall–Kier alpha value is -2.99. The number of fused-ring (bicyclic) bond motifs is 1. The average molecular weight is 362 g/mol. The maximum absolute atomic E-state index is 12.8. The lowest BCUT2D eigenvalue weighted by molar-refractivity contribution is 0.824. The molecule has 6 heteroatoms. The van der Waals surface area contributed by atoms with E-state index in [4.69, 9.17) is 0 Å². The number of hydrogen-bond donors (Lipinski definition) is 1. The molecule has 4 aromatic rings. The fourth-order valence-corrected chi connectivity index (χ4v) is 3.73. The monoisotopic (exact) mass is 362 g/mol. The highest BCUT2D eigenvalue weighted by atomic mass is 32.1. The van der Waals surface area contributed by atoms with Crippen LogP contribution in [0.25, 0.3) is 15.3 Å². The Morgan fingerprint density at radius 1 is 1.15 bits per heavy atom. The summed E-state index contributed by atoms with van der Waals surface area (Å²) in [6, 6.07) is 17.9. The van der Waals surface area contributed by atoms with Crippen molar-refractivity contribution in [2.24, 2.45) is 4.99 Å². The predicted octanol–water partition coefficient (Wildman–Crippen LogP) is 4.26. The number of hydrogen-bond acceptors (Lipinski definition) is 4. The van der Waals surface area contributed by atoms with Gasteiger partial charge in [-0.2, -0.15) is 4.68 Å². The summed E-state index contributed by atoms with van der Waals surface area (Å²) in [4.78, 5) is 21.9. The molecule has 26 heavy (non-hydrogen) atoms. The lowest BCUT2D eigenvalue weighted by Gasteiger charge is -2.05. The van der Waals surface area contributed by atoms with Crippen LogP contribution in [-0.4, -0.2) is 21.0 Å². The van der Waals surface area contributed by atoms with Crippen LogP contribution in [0.4, 0.5) is 0 Å². The minimum atomic E-state index is -0.134. The number of nitrogens with one attached hydrogen (secondary N) is 1. The summed E-state index contributed by atoms with van der Waals surface area (Å²) >= 11 is 1.48. The summed E-state index contributed by atoms with van der Waals surface area (Å²) in [5, 5.41) is 3.75. The predicted molar refractivity (Wildman–Crippen MR) is 107 cm³/mol. The molecule has 1 N–H and O–H groups in total. The van der Waals surface area contributed by atoms with Crippen LogP contribution in [0, 0.1) is 6.92 Å². The number of aryl methyl sites for hydroxylation is 1. The van der Waals surface area contributed by atoms with Gasteiger partial charge in [0.2, 0.25) is 5.13 Å². The van der Waals surface area contributed by atoms with Crippen molar-refractivity contribution >= 4 is 27.8 Å². The first-order valence-corrected chi connectivity index (χ1v) is 9.21. The minimum Gasteiger partial charge on any atom is -0.293 e. The molecule has 2 heterocycles. The van der Waals surface area contributed by atoms with Crippen molar-refractivity contribution in [1.29, 1.82) is 0 Å². The van der Waals surface area contributed by atoms with E-state index in [-0.39, 0.29) is 11.6 Å². The molecule has 0 saturated heterocycles. The lowest BCUT2D eigenvalue weighted by atomic mass is 10.1. The highest BCUT2D eigenvalue weighted by Gasteiger charge is 2.14. The van der Waals surface area contributed by atoms with E-state index in [0.29, 0.717) is 10.7 Å². The van der Waals surface area contributed by atoms with E-state index in [2.05, 4.69) is 15.1 Å². The van der Waals surface area contributed by atoms with Gasteiger partial charge in [0.15, 0.2) is 0 Å². The highest BCUT2D eigenvalue weighted by Crippen LogP contribution is 2.23. The van der Waals surface area contributed by atoms with Crippen LogP contribution in [0.15, 0.2) is 64.4 Å². The molecule has 0 bridgehead atoms. The summed E-state index contributed by atoms with van der Waals surface area (Å²) in [6.07, 6.45) is 1.66. The smallest absolute Gasteiger partial charge is 0.282 e. The molecule has 0 unspecified atom stereocenters. The zero-order chi connectivity index (χ0) is 18.1. The van der Waals surface area contributed by atoms with Gasteiger partial charge in [-0.1, -0.05) is 53.8 Å². The minimum absolute atomic E-state index is 0.0131. The molecule has 0 amide bonds. The molecule has 1 atom stereocenters. The second-order valence-corrected chi connectivity index (χ2v) is 7.13. The number of aliphatic imine (C=N–C) groups is 1. The second-order valence-electron chi connectivity index (χ2n) is 6.12. The summed E-state index contributed by atoms with van der Waals surface area (Å²) < 4.78 is 2.55. The van der Waals surface area contributed by atoms with Crippen molar-refractivity contribution < 1.29 is 0 Å². The molecule has 0 radical (unpaired) electrons. The zero-order valence-electron chi connectivity index (χ0n) is 14.5. The topological polar surface area (TPSA) is 63.0 Å². The molecular weight excluding hydrogens is 344 g/mol. The fourth-order valence-electron chi connectivity index (χ4n) is 2.81. The Kier molecular flexibility index (Phi) is 4.26. The Labute approximate surface area is 154 Å². The van der Waals surface area contributed by atoms with E-state index in [0.717, 1.165) is 21.5 Å². The van der Waals surface area contributed by atoms with Gasteiger partial charge in [0.25, 0.3) is 5.56 Å². The molecule has 0 spiro atoms. The molecule has 0 fully saturated rings. The molecule has 0 aliphatic heterocycles. The van der Waals surface area contributed by atoms with Gasteiger partial charge in [0.1, 0.15) is 0 Å². The first kappa shape index (κ1) is 16.5. The second kappa shape index (κ2) is 6.72. The zero-order valence-corrected chi connectivity index (χ0v) is 15.3. The van der Waals surface area contributed by atoms with Gasteiger partial charge in [0, 0.05) is 11.9 Å². The van der Waals surface area contributed by atoms with Crippen LogP contribution in [0.2, 0.25) is 0 Å². The van der Waals surface area contributed by atoms with Gasteiger partial charge in [-0.25, -0.2) is 4.98 Å². The number of aromatic nitrogens is 3. The first-order valence-electron chi connectivity index (χ1n) is 8.39. The number of H-pyrrole nitrogens is 1. The number of nitrogens with zero attached hydrogens (tertiary/aromatic N) is 3. The fraction of sp³-hybridized carbons (Fsp3) is 0.150. The Morgan fingerprint density at radius 3 is 2.65 bits per heavy atom. The van der Waals surface area contributed by atoms with Crippen molar-refractivity contribution in [3.63, 3.8) is 0 Å². The molecule has 5 nitrogen and oxygen atoms in total. The first-order chi connectivity index (χ1) is 12.6. The maximum Gasteiger partial charge on any atom is 0.282 e. The average Bonchev–Trinajstić information content (AvgIpc) is 3.21. The maximum atomic E-state index is 12.8. The molecule has 2 aromatic heterocycles. The van der Waals surface area contributed by atoms with Crippen molar-refractivity contribution in [3.05, 3.63) is 81.8 Å². The number of para-hydroxylation sites is 1. The van der Waals surface area contributed by atoms with Gasteiger partial charge in [-0.15, -0.1) is 0 Å². The van der Waals surface area contributed by atoms with E-state index in [1.807, 2.05) is 68.4 Å². The SMILES string of the molecule is Cc1[nH]n(-c2nc3ccccc3s2)c(=O)c1C=N[C@@H](C)c1ccccc1. The Morgan fingerprint density at radius 2 is 1.88 bits per heavy atom. The number of thiazole rings is 1. The Balaban J connectivity index is 1.68. The summed E-state index contributed by atoms with van der Waals surface area (Å²) in [7, 11) is 0. The van der Waals surface area contributed by atoms with E-state index in [9.17, 15) is 4.79 Å². The third-order valence-corrected chi connectivity index (χ3v) is 5.32. The standard InChI is InChI=1S/C20H18N4OS/c1-13(15-8-4-3-5-9-15)21-12-16-14(2)23-24(19(16)25)20-22-17-10-6-7-11-18(17)26-20/h3-13,23H,1-2H3/t13-/m0/s1. The lowest BCUT2D eigenvalue weighted by Crippen LogP contribution is -2.17. The molecule has 0 aliphatic rings. The summed E-state index contributed by atoms with van der Waals surface area (Å²) in [5.74, 6) is 0. The highest BCUT2D eigenvalue weighted by molar-refractivity contribution is 7.20. The van der Waals surface area contributed by atoms with Gasteiger partial charge < -0.3 is 0 Å². The van der Waals surface area contributed by atoms with Gasteiger partial charge in [-0.05, 0) is 31.5 Å². The summed E-state index contributed by atoms with van der Waals surface area (Å²) in [6.45, 7) is 3.89. The quantitative estimate of drug-likeness (QED) is 0.551. The normalized spacial score (nSPS) is 12.8. The van der Waals surface area contributed by atoms with Crippen LogP contribution < -0.4 is 5.56 Å². The third kappa shape index (κ3) is 2.99. The molecule has 2 aromatic carbocycles. The summed E-state index contributed by atoms with van der Waals surface area (Å²) in [5.41, 5.74) is 3.21. The van der Waals surface area contributed by atoms with E-state index >= 15 is 0 Å². The van der Waals surface area contributed by atoms with Gasteiger partial charge in [0.05, 0.1) is 21.8 Å². The van der Waals surface area contributed by atoms with E-state index < -0.39 is 0 Å². The van der Waals surface area contributed by atoms with Crippen molar-refractivity contribution in [2.75, 3.05) is 0 Å². The van der Waals surface area contributed by atoms with Crippen molar-refractivity contribution in [3.8, 4) is 5.13 Å². The van der Waals surface area contributed by atoms with Crippen LogP contribution in [0.3, 0.4) is 0 Å². The van der Waals surface area contributed by atoms with Crippen LogP contribution in [0.5, 0.6) is 0 Å². The van der Waals surface area contributed by atoms with E-state index in [1.165, 1.54) is 16.0 Å². The van der Waals surface area contributed by atoms with Crippen LogP contribution in [0.1, 0.15) is 29.8 Å². The third-order valence-electron chi connectivity index (χ3n) is 4.30. The van der Waals surface area contributed by atoms with Gasteiger partial charge in [-0.3, -0.25) is 14.9 Å². The molecule has 130 valence electrons. The van der Waals surface area contributed by atoms with Crippen molar-refractivity contribution in [1.82, 2.24) is 14.8 Å². The number of benzene rings is 2. The number of rotatable bonds is 4. The van der Waals surface area contributed by atoms with Crippen LogP contribution >= 0.6 is 11.3 Å². The molecule has 0 aliphatic carbocycles. The molecular formula is C20H18N4OS. The molecule has 0 saturated carbocycles.